The van der Waals surface area contributed by atoms with Gasteiger partial charge >= 0.3 is 0 Å². The van der Waals surface area contributed by atoms with Crippen LogP contribution in [0.2, 0.25) is 0 Å². The third kappa shape index (κ3) is 2.51. The lowest BCUT2D eigenvalue weighted by molar-refractivity contribution is 0.157. The summed E-state index contributed by atoms with van der Waals surface area (Å²) in [5.74, 6) is 2.34. The van der Waals surface area contributed by atoms with Crippen molar-refractivity contribution in [2.75, 3.05) is 0 Å². The number of rotatable bonds is 3. The van der Waals surface area contributed by atoms with Gasteiger partial charge in [0.15, 0.2) is 0 Å². The Morgan fingerprint density at radius 2 is 2.24 bits per heavy atom. The SMILES string of the molecule is CCn1ncnc1CC1(N)CC(C)CCC1C. The number of hydrogen-bond acceptors (Lipinski definition) is 3. The first kappa shape index (κ1) is 12.6. The fraction of sp³-hybridized carbons (Fsp3) is 0.846. The van der Waals surface area contributed by atoms with E-state index >= 15 is 0 Å². The van der Waals surface area contributed by atoms with Crippen LogP contribution in [0.5, 0.6) is 0 Å². The maximum Gasteiger partial charge on any atom is 0.138 e. The highest BCUT2D eigenvalue weighted by Gasteiger charge is 2.38. The van der Waals surface area contributed by atoms with Crippen molar-refractivity contribution < 1.29 is 0 Å². The molecule has 0 radical (unpaired) electrons. The van der Waals surface area contributed by atoms with Gasteiger partial charge in [-0.2, -0.15) is 5.10 Å². The van der Waals surface area contributed by atoms with Gasteiger partial charge in [-0.15, -0.1) is 0 Å². The van der Waals surface area contributed by atoms with Crippen LogP contribution in [0.4, 0.5) is 0 Å². The largest absolute Gasteiger partial charge is 0.324 e. The molecule has 4 nitrogen and oxygen atoms in total. The van der Waals surface area contributed by atoms with Gasteiger partial charge in [0.2, 0.25) is 0 Å². The van der Waals surface area contributed by atoms with Crippen molar-refractivity contribution >= 4 is 0 Å². The van der Waals surface area contributed by atoms with Crippen LogP contribution in [0, 0.1) is 11.8 Å². The van der Waals surface area contributed by atoms with E-state index in [1.54, 1.807) is 6.33 Å². The van der Waals surface area contributed by atoms with Gasteiger partial charge in [0.05, 0.1) is 0 Å². The van der Waals surface area contributed by atoms with Crippen molar-refractivity contribution in [3.8, 4) is 0 Å². The smallest absolute Gasteiger partial charge is 0.138 e. The summed E-state index contributed by atoms with van der Waals surface area (Å²) in [6.07, 6.45) is 6.13. The van der Waals surface area contributed by atoms with Gasteiger partial charge in [0, 0.05) is 18.5 Å². The third-order valence-electron chi connectivity index (χ3n) is 4.28. The second-order valence-electron chi connectivity index (χ2n) is 5.69. The van der Waals surface area contributed by atoms with E-state index in [2.05, 4.69) is 30.9 Å². The quantitative estimate of drug-likeness (QED) is 0.873. The summed E-state index contributed by atoms with van der Waals surface area (Å²) in [7, 11) is 0. The Morgan fingerprint density at radius 3 is 2.94 bits per heavy atom. The molecule has 96 valence electrons. The van der Waals surface area contributed by atoms with Gasteiger partial charge in [0.1, 0.15) is 12.2 Å². The predicted molar refractivity (Wildman–Crippen MR) is 68.5 cm³/mol. The second kappa shape index (κ2) is 4.77. The van der Waals surface area contributed by atoms with Gasteiger partial charge in [0.25, 0.3) is 0 Å². The number of nitrogens with two attached hydrogens (primary N) is 1. The van der Waals surface area contributed by atoms with Gasteiger partial charge in [-0.3, -0.25) is 4.68 Å². The Labute approximate surface area is 104 Å². The van der Waals surface area contributed by atoms with E-state index in [4.69, 9.17) is 5.73 Å². The summed E-state index contributed by atoms with van der Waals surface area (Å²) < 4.78 is 1.96. The molecule has 1 aromatic heterocycles. The first-order valence-electron chi connectivity index (χ1n) is 6.70. The Hall–Kier alpha value is -0.900. The highest BCUT2D eigenvalue weighted by atomic mass is 15.3. The summed E-state index contributed by atoms with van der Waals surface area (Å²) in [4.78, 5) is 4.36. The molecule has 0 bridgehead atoms. The third-order valence-corrected chi connectivity index (χ3v) is 4.28. The van der Waals surface area contributed by atoms with Gasteiger partial charge in [-0.1, -0.05) is 20.3 Å². The lowest BCUT2D eigenvalue weighted by Crippen LogP contribution is -2.52. The molecule has 2 rings (SSSR count). The van der Waals surface area contributed by atoms with Crippen molar-refractivity contribution in [1.82, 2.24) is 14.8 Å². The Bertz CT molecular complexity index is 373. The fourth-order valence-corrected chi connectivity index (χ4v) is 3.00. The van der Waals surface area contributed by atoms with E-state index in [1.807, 2.05) is 4.68 Å². The molecular formula is C13H24N4. The minimum Gasteiger partial charge on any atom is -0.324 e. The second-order valence-corrected chi connectivity index (χ2v) is 5.69. The molecule has 0 saturated heterocycles. The van der Waals surface area contributed by atoms with Gasteiger partial charge in [-0.05, 0) is 31.6 Å². The molecule has 17 heavy (non-hydrogen) atoms. The van der Waals surface area contributed by atoms with E-state index in [1.165, 1.54) is 12.8 Å². The van der Waals surface area contributed by atoms with E-state index in [-0.39, 0.29) is 5.54 Å². The molecule has 1 aliphatic carbocycles. The lowest BCUT2D eigenvalue weighted by Gasteiger charge is -2.42. The van der Waals surface area contributed by atoms with Gasteiger partial charge < -0.3 is 5.73 Å². The predicted octanol–water partition coefficient (Wildman–Crippen LogP) is 1.99. The molecule has 1 saturated carbocycles. The van der Waals surface area contributed by atoms with Crippen LogP contribution in [0.25, 0.3) is 0 Å². The molecule has 0 aromatic carbocycles. The Morgan fingerprint density at radius 1 is 1.47 bits per heavy atom. The van der Waals surface area contributed by atoms with Crippen LogP contribution in [-0.4, -0.2) is 20.3 Å². The number of nitrogens with zero attached hydrogens (tertiary/aromatic N) is 3. The average Bonchev–Trinajstić information content (AvgIpc) is 2.71. The zero-order chi connectivity index (χ0) is 12.5. The molecule has 4 heteroatoms. The number of aromatic nitrogens is 3. The van der Waals surface area contributed by atoms with Crippen molar-refractivity contribution in [3.63, 3.8) is 0 Å². The van der Waals surface area contributed by atoms with Crippen molar-refractivity contribution in [3.05, 3.63) is 12.2 Å². The molecule has 3 atom stereocenters. The Kier molecular flexibility index (Phi) is 3.52. The van der Waals surface area contributed by atoms with Gasteiger partial charge in [-0.25, -0.2) is 4.98 Å². The molecule has 1 aromatic rings. The van der Waals surface area contributed by atoms with Crippen LogP contribution in [0.15, 0.2) is 6.33 Å². The molecule has 1 heterocycles. The molecule has 0 spiro atoms. The highest BCUT2D eigenvalue weighted by molar-refractivity contribution is 5.02. The van der Waals surface area contributed by atoms with E-state index in [0.717, 1.165) is 31.1 Å². The van der Waals surface area contributed by atoms with Crippen molar-refractivity contribution in [2.45, 2.75) is 58.5 Å². The topological polar surface area (TPSA) is 56.7 Å². The maximum atomic E-state index is 6.63. The molecule has 0 amide bonds. The monoisotopic (exact) mass is 236 g/mol. The normalized spacial score (nSPS) is 33.9. The summed E-state index contributed by atoms with van der Waals surface area (Å²) in [5.41, 5.74) is 6.53. The molecule has 3 unspecified atom stereocenters. The first-order chi connectivity index (χ1) is 8.05. The van der Waals surface area contributed by atoms with E-state index in [9.17, 15) is 0 Å². The summed E-state index contributed by atoms with van der Waals surface area (Å²) in [6, 6.07) is 0. The maximum absolute atomic E-state index is 6.63. The molecule has 2 N–H and O–H groups in total. The van der Waals surface area contributed by atoms with Crippen molar-refractivity contribution in [2.24, 2.45) is 17.6 Å². The van der Waals surface area contributed by atoms with Crippen molar-refractivity contribution in [1.29, 1.82) is 0 Å². The summed E-state index contributed by atoms with van der Waals surface area (Å²) >= 11 is 0. The minimum absolute atomic E-state index is 0.0996. The lowest BCUT2D eigenvalue weighted by atomic mass is 9.68. The number of aryl methyl sites for hydroxylation is 1. The summed E-state index contributed by atoms with van der Waals surface area (Å²) in [5, 5.41) is 4.23. The van der Waals surface area contributed by atoms with Crippen LogP contribution in [0.3, 0.4) is 0 Å². The average molecular weight is 236 g/mol. The minimum atomic E-state index is -0.0996. The highest BCUT2D eigenvalue weighted by Crippen LogP contribution is 2.36. The standard InChI is InChI=1S/C13H24N4/c1-4-17-12(15-9-16-17)8-13(14)7-10(2)5-6-11(13)3/h9-11H,4-8,14H2,1-3H3. The zero-order valence-electron chi connectivity index (χ0n) is 11.2. The first-order valence-corrected chi connectivity index (χ1v) is 6.70. The van der Waals surface area contributed by atoms with E-state index in [0.29, 0.717) is 5.92 Å². The van der Waals surface area contributed by atoms with Crippen LogP contribution < -0.4 is 5.73 Å². The zero-order valence-corrected chi connectivity index (χ0v) is 11.2. The van der Waals surface area contributed by atoms with E-state index < -0.39 is 0 Å². The summed E-state index contributed by atoms with van der Waals surface area (Å²) in [6.45, 7) is 7.54. The molecule has 0 aliphatic heterocycles. The Balaban J connectivity index is 2.15. The van der Waals surface area contributed by atoms with Crippen LogP contribution in [-0.2, 0) is 13.0 Å². The fourth-order valence-electron chi connectivity index (χ4n) is 3.00. The molecular weight excluding hydrogens is 212 g/mol. The molecule has 1 fully saturated rings. The number of hydrogen-bond donors (Lipinski definition) is 1. The van der Waals surface area contributed by atoms with Crippen LogP contribution in [0.1, 0.15) is 45.9 Å². The van der Waals surface area contributed by atoms with Crippen LogP contribution >= 0.6 is 0 Å². The molecule has 1 aliphatic rings.